The van der Waals surface area contributed by atoms with E-state index in [2.05, 4.69) is 20.3 Å². The van der Waals surface area contributed by atoms with Crippen molar-refractivity contribution in [1.82, 2.24) is 20.3 Å². The maximum absolute atomic E-state index is 12.6. The van der Waals surface area contributed by atoms with E-state index in [1.807, 2.05) is 25.1 Å². The highest BCUT2D eigenvalue weighted by Gasteiger charge is 2.21. The van der Waals surface area contributed by atoms with E-state index in [1.54, 1.807) is 20.4 Å². The molecule has 0 saturated heterocycles. The lowest BCUT2D eigenvalue weighted by molar-refractivity contribution is 0.0954. The second-order valence-corrected chi connectivity index (χ2v) is 6.32. The van der Waals surface area contributed by atoms with Crippen LogP contribution in [0.5, 0.6) is 5.88 Å². The summed E-state index contributed by atoms with van der Waals surface area (Å²) in [7, 11) is 3.13. The lowest BCUT2D eigenvalue weighted by atomic mass is 10.2. The molecule has 130 valence electrons. The smallest absolute Gasteiger partial charge is 0.262 e. The second kappa shape index (κ2) is 7.54. The first-order valence-corrected chi connectivity index (χ1v) is 8.46. The van der Waals surface area contributed by atoms with E-state index in [0.717, 1.165) is 16.6 Å². The van der Waals surface area contributed by atoms with Crippen LogP contribution in [-0.2, 0) is 17.9 Å². The average molecular weight is 358 g/mol. The van der Waals surface area contributed by atoms with Crippen LogP contribution in [0, 0.1) is 6.92 Å². The van der Waals surface area contributed by atoms with Crippen molar-refractivity contribution in [3.05, 3.63) is 46.4 Å². The largest absolute Gasteiger partial charge is 0.480 e. The number of pyridine rings is 1. The van der Waals surface area contributed by atoms with Crippen LogP contribution in [0.1, 0.15) is 26.8 Å². The molecule has 0 atom stereocenters. The molecule has 3 heterocycles. The number of ether oxygens (including phenoxy) is 2. The number of aryl methyl sites for hydroxylation is 1. The molecule has 0 saturated carbocycles. The summed E-state index contributed by atoms with van der Waals surface area (Å²) in [6, 6.07) is 5.59. The number of fused-ring (bicyclic) bond motifs is 1. The summed E-state index contributed by atoms with van der Waals surface area (Å²) in [6.07, 6.45) is 1.70. The predicted octanol–water partition coefficient (Wildman–Crippen LogP) is 2.48. The molecule has 0 aliphatic rings. The van der Waals surface area contributed by atoms with E-state index in [0.29, 0.717) is 28.0 Å². The summed E-state index contributed by atoms with van der Waals surface area (Å²) in [6.45, 7) is 2.52. The fourth-order valence-electron chi connectivity index (χ4n) is 2.46. The first kappa shape index (κ1) is 17.2. The third kappa shape index (κ3) is 3.59. The third-order valence-corrected chi connectivity index (χ3v) is 4.82. The maximum atomic E-state index is 12.6. The monoisotopic (exact) mass is 358 g/mol. The van der Waals surface area contributed by atoms with Crippen molar-refractivity contribution in [3.8, 4) is 5.88 Å². The van der Waals surface area contributed by atoms with Crippen LogP contribution in [0.2, 0.25) is 0 Å². The first-order valence-electron chi connectivity index (χ1n) is 7.65. The molecule has 0 aliphatic carbocycles. The lowest BCUT2D eigenvalue weighted by Gasteiger charge is -2.05. The Balaban J connectivity index is 1.90. The number of rotatable bonds is 6. The van der Waals surface area contributed by atoms with E-state index in [1.165, 1.54) is 11.3 Å². The van der Waals surface area contributed by atoms with E-state index in [4.69, 9.17) is 9.47 Å². The van der Waals surface area contributed by atoms with E-state index in [-0.39, 0.29) is 12.5 Å². The summed E-state index contributed by atoms with van der Waals surface area (Å²) in [5.74, 6) is 0.810. The van der Waals surface area contributed by atoms with Crippen LogP contribution in [-0.4, -0.2) is 35.1 Å². The highest BCUT2D eigenvalue weighted by atomic mass is 32.1. The standard InChI is InChI=1S/C17H18N4O3S/c1-10-13-16(24-3)20-12(9-23-2)21-17(13)25-14(10)15(22)19-8-11-6-4-5-7-18-11/h4-7H,8-9H2,1-3H3,(H,19,22). The molecule has 0 bridgehead atoms. The summed E-state index contributed by atoms with van der Waals surface area (Å²) < 4.78 is 10.5. The number of nitrogens with one attached hydrogen (secondary N) is 1. The van der Waals surface area contributed by atoms with E-state index < -0.39 is 0 Å². The maximum Gasteiger partial charge on any atom is 0.262 e. The summed E-state index contributed by atoms with van der Waals surface area (Å²) >= 11 is 1.32. The predicted molar refractivity (Wildman–Crippen MR) is 94.8 cm³/mol. The Kier molecular flexibility index (Phi) is 5.20. The van der Waals surface area contributed by atoms with E-state index >= 15 is 0 Å². The minimum atomic E-state index is -0.165. The van der Waals surface area contributed by atoms with Gasteiger partial charge in [-0.25, -0.2) is 4.98 Å². The number of carbonyl (C=O) groups is 1. The lowest BCUT2D eigenvalue weighted by Crippen LogP contribution is -2.22. The Morgan fingerprint density at radius 1 is 1.28 bits per heavy atom. The van der Waals surface area contributed by atoms with Crippen LogP contribution in [0.25, 0.3) is 10.2 Å². The Hall–Kier alpha value is -2.58. The first-order chi connectivity index (χ1) is 12.1. The van der Waals surface area contributed by atoms with Crippen molar-refractivity contribution in [2.45, 2.75) is 20.1 Å². The molecule has 0 fully saturated rings. The Morgan fingerprint density at radius 2 is 2.12 bits per heavy atom. The number of hydrogen-bond acceptors (Lipinski definition) is 7. The van der Waals surface area contributed by atoms with Gasteiger partial charge in [-0.2, -0.15) is 4.98 Å². The second-order valence-electron chi connectivity index (χ2n) is 5.32. The number of thiophene rings is 1. The molecule has 1 amide bonds. The van der Waals surface area contributed by atoms with Crippen LogP contribution in [0.3, 0.4) is 0 Å². The molecular weight excluding hydrogens is 340 g/mol. The number of carbonyl (C=O) groups excluding carboxylic acids is 1. The molecular formula is C17H18N4O3S. The van der Waals surface area contributed by atoms with Gasteiger partial charge in [0.1, 0.15) is 11.4 Å². The molecule has 0 spiro atoms. The van der Waals surface area contributed by atoms with Gasteiger partial charge in [-0.15, -0.1) is 11.3 Å². The highest BCUT2D eigenvalue weighted by molar-refractivity contribution is 7.20. The molecule has 1 N–H and O–H groups in total. The summed E-state index contributed by atoms with van der Waals surface area (Å²) in [5, 5.41) is 3.65. The van der Waals surface area contributed by atoms with Gasteiger partial charge >= 0.3 is 0 Å². The number of amides is 1. The normalized spacial score (nSPS) is 10.8. The van der Waals surface area contributed by atoms with Crippen molar-refractivity contribution in [2.75, 3.05) is 14.2 Å². The molecule has 3 rings (SSSR count). The molecule has 0 aromatic carbocycles. The minimum absolute atomic E-state index is 0.165. The topological polar surface area (TPSA) is 86.2 Å². The zero-order valence-corrected chi connectivity index (χ0v) is 15.0. The van der Waals surface area contributed by atoms with Gasteiger partial charge in [0.05, 0.1) is 29.6 Å². The van der Waals surface area contributed by atoms with Gasteiger partial charge < -0.3 is 14.8 Å². The molecule has 0 radical (unpaired) electrons. The van der Waals surface area contributed by atoms with Gasteiger partial charge in [0.25, 0.3) is 5.91 Å². The van der Waals surface area contributed by atoms with Crippen LogP contribution < -0.4 is 10.1 Å². The van der Waals surface area contributed by atoms with Gasteiger partial charge in [0, 0.05) is 13.3 Å². The fraction of sp³-hybridized carbons (Fsp3) is 0.294. The quantitative estimate of drug-likeness (QED) is 0.728. The van der Waals surface area contributed by atoms with Crippen molar-refractivity contribution < 1.29 is 14.3 Å². The Bertz CT molecular complexity index is 896. The molecule has 3 aromatic heterocycles. The van der Waals surface area contributed by atoms with Crippen LogP contribution >= 0.6 is 11.3 Å². The van der Waals surface area contributed by atoms with Gasteiger partial charge in [-0.3, -0.25) is 9.78 Å². The van der Waals surface area contributed by atoms with Gasteiger partial charge in [0.2, 0.25) is 5.88 Å². The molecule has 8 heteroatoms. The van der Waals surface area contributed by atoms with Crippen molar-refractivity contribution in [2.24, 2.45) is 0 Å². The molecule has 0 aliphatic heterocycles. The summed E-state index contributed by atoms with van der Waals surface area (Å²) in [5.41, 5.74) is 1.61. The van der Waals surface area contributed by atoms with Gasteiger partial charge in [-0.05, 0) is 24.6 Å². The highest BCUT2D eigenvalue weighted by Crippen LogP contribution is 2.35. The molecule has 7 nitrogen and oxygen atoms in total. The zero-order valence-electron chi connectivity index (χ0n) is 14.2. The van der Waals surface area contributed by atoms with Crippen molar-refractivity contribution in [3.63, 3.8) is 0 Å². The fourth-order valence-corrected chi connectivity index (χ4v) is 3.56. The van der Waals surface area contributed by atoms with Gasteiger partial charge in [0.15, 0.2) is 5.82 Å². The minimum Gasteiger partial charge on any atom is -0.480 e. The third-order valence-electron chi connectivity index (χ3n) is 3.63. The van der Waals surface area contributed by atoms with Gasteiger partial charge in [-0.1, -0.05) is 6.07 Å². The molecule has 0 unspecified atom stereocenters. The Labute approximate surface area is 149 Å². The van der Waals surface area contributed by atoms with E-state index in [9.17, 15) is 4.79 Å². The number of aromatic nitrogens is 3. The SMILES string of the molecule is COCc1nc(OC)c2c(C)c(C(=O)NCc3ccccn3)sc2n1. The average Bonchev–Trinajstić information content (AvgIpc) is 2.97. The van der Waals surface area contributed by atoms with Crippen molar-refractivity contribution >= 4 is 27.5 Å². The van der Waals surface area contributed by atoms with Crippen LogP contribution in [0.4, 0.5) is 0 Å². The zero-order chi connectivity index (χ0) is 17.8. The van der Waals surface area contributed by atoms with Crippen LogP contribution in [0.15, 0.2) is 24.4 Å². The Morgan fingerprint density at radius 3 is 2.80 bits per heavy atom. The number of hydrogen-bond donors (Lipinski definition) is 1. The number of methoxy groups -OCH3 is 2. The van der Waals surface area contributed by atoms with Crippen molar-refractivity contribution in [1.29, 1.82) is 0 Å². The number of nitrogens with zero attached hydrogens (tertiary/aromatic N) is 3. The molecule has 25 heavy (non-hydrogen) atoms. The molecule has 3 aromatic rings. The summed E-state index contributed by atoms with van der Waals surface area (Å²) in [4.78, 5) is 26.9.